The van der Waals surface area contributed by atoms with E-state index in [0.29, 0.717) is 5.92 Å². The number of anilines is 1. The van der Waals surface area contributed by atoms with Gasteiger partial charge in [0.25, 0.3) is 0 Å². The summed E-state index contributed by atoms with van der Waals surface area (Å²) in [4.78, 5) is 2.33. The first kappa shape index (κ1) is 11.7. The Morgan fingerprint density at radius 1 is 1.50 bits per heavy atom. The molecular formula is C13H18ClNO. The summed E-state index contributed by atoms with van der Waals surface area (Å²) < 4.78 is 0. The zero-order valence-corrected chi connectivity index (χ0v) is 10.5. The number of hydrogen-bond acceptors (Lipinski definition) is 2. The molecule has 1 aromatic carbocycles. The first-order valence-corrected chi connectivity index (χ1v) is 6.07. The lowest BCUT2D eigenvalue weighted by atomic mass is 9.89. The molecule has 3 heteroatoms. The highest BCUT2D eigenvalue weighted by molar-refractivity contribution is 6.30. The minimum absolute atomic E-state index is 0.000563. The van der Waals surface area contributed by atoms with Crippen molar-refractivity contribution < 1.29 is 5.11 Å². The topological polar surface area (TPSA) is 23.5 Å². The van der Waals surface area contributed by atoms with Crippen LogP contribution in [0.2, 0.25) is 5.02 Å². The Balaban J connectivity index is 2.29. The molecule has 0 bridgehead atoms. The van der Waals surface area contributed by atoms with Gasteiger partial charge in [0, 0.05) is 35.3 Å². The van der Waals surface area contributed by atoms with E-state index in [1.165, 1.54) is 0 Å². The summed E-state index contributed by atoms with van der Waals surface area (Å²) in [6.45, 7) is 5.60. The quantitative estimate of drug-likeness (QED) is 0.858. The number of hydrogen-bond donors (Lipinski definition) is 1. The van der Waals surface area contributed by atoms with Gasteiger partial charge in [-0.2, -0.15) is 0 Å². The molecular weight excluding hydrogens is 222 g/mol. The highest BCUT2D eigenvalue weighted by Crippen LogP contribution is 2.38. The third kappa shape index (κ3) is 1.92. The molecule has 0 spiro atoms. The summed E-state index contributed by atoms with van der Waals surface area (Å²) in [5, 5.41) is 10.1. The zero-order valence-electron chi connectivity index (χ0n) is 9.78. The third-order valence-electron chi connectivity index (χ3n) is 3.74. The fourth-order valence-electron chi connectivity index (χ4n) is 2.57. The predicted octanol–water partition coefficient (Wildman–Crippen LogP) is 2.94. The van der Waals surface area contributed by atoms with Gasteiger partial charge in [-0.05, 0) is 38.5 Å². The van der Waals surface area contributed by atoms with Crippen LogP contribution >= 0.6 is 11.6 Å². The normalized spacial score (nSPS) is 23.8. The molecule has 0 aliphatic carbocycles. The number of halogens is 1. The van der Waals surface area contributed by atoms with Gasteiger partial charge in [0.15, 0.2) is 0 Å². The van der Waals surface area contributed by atoms with Crippen LogP contribution in [0.1, 0.15) is 20.3 Å². The second kappa shape index (κ2) is 4.27. The summed E-state index contributed by atoms with van der Waals surface area (Å²) in [7, 11) is 0. The Morgan fingerprint density at radius 3 is 2.81 bits per heavy atom. The number of aliphatic hydroxyl groups excluding tert-OH is 1. The summed E-state index contributed by atoms with van der Waals surface area (Å²) in [5.41, 5.74) is 1.15. The van der Waals surface area contributed by atoms with Crippen LogP contribution in [0.4, 0.5) is 5.69 Å². The van der Waals surface area contributed by atoms with Crippen molar-refractivity contribution in [2.45, 2.75) is 25.8 Å². The molecule has 1 unspecified atom stereocenters. The molecule has 88 valence electrons. The van der Waals surface area contributed by atoms with E-state index in [9.17, 15) is 5.11 Å². The van der Waals surface area contributed by atoms with Crippen LogP contribution in [-0.4, -0.2) is 23.8 Å². The molecule has 0 radical (unpaired) electrons. The van der Waals surface area contributed by atoms with Gasteiger partial charge in [-0.25, -0.2) is 0 Å². The Labute approximate surface area is 102 Å². The van der Waals surface area contributed by atoms with Crippen LogP contribution in [0.25, 0.3) is 0 Å². The van der Waals surface area contributed by atoms with E-state index < -0.39 is 0 Å². The molecule has 0 amide bonds. The second-order valence-corrected chi connectivity index (χ2v) is 5.39. The highest BCUT2D eigenvalue weighted by atomic mass is 35.5. The van der Waals surface area contributed by atoms with Crippen LogP contribution in [0.3, 0.4) is 0 Å². The van der Waals surface area contributed by atoms with E-state index in [-0.39, 0.29) is 12.1 Å². The summed E-state index contributed by atoms with van der Waals surface area (Å²) >= 11 is 6.01. The fourth-order valence-corrected chi connectivity index (χ4v) is 2.75. The summed E-state index contributed by atoms with van der Waals surface area (Å²) in [6, 6.07) is 7.92. The molecule has 1 N–H and O–H groups in total. The van der Waals surface area contributed by atoms with E-state index in [1.54, 1.807) is 0 Å². The first-order valence-electron chi connectivity index (χ1n) is 5.70. The Kier molecular flexibility index (Phi) is 3.13. The number of benzene rings is 1. The van der Waals surface area contributed by atoms with Gasteiger partial charge in [0.2, 0.25) is 0 Å². The third-order valence-corrected chi connectivity index (χ3v) is 3.97. The van der Waals surface area contributed by atoms with Crippen molar-refractivity contribution in [3.05, 3.63) is 29.3 Å². The van der Waals surface area contributed by atoms with E-state index in [1.807, 2.05) is 18.2 Å². The van der Waals surface area contributed by atoms with Crippen molar-refractivity contribution in [2.75, 3.05) is 18.1 Å². The van der Waals surface area contributed by atoms with E-state index in [2.05, 4.69) is 24.8 Å². The predicted molar refractivity (Wildman–Crippen MR) is 68.1 cm³/mol. The van der Waals surface area contributed by atoms with Gasteiger partial charge >= 0.3 is 0 Å². The molecule has 1 fully saturated rings. The Hall–Kier alpha value is -0.730. The van der Waals surface area contributed by atoms with E-state index >= 15 is 0 Å². The summed E-state index contributed by atoms with van der Waals surface area (Å²) in [5.74, 6) is 0.339. The Bertz CT molecular complexity index is 378. The molecule has 0 aromatic heterocycles. The van der Waals surface area contributed by atoms with Gasteiger partial charge in [-0.15, -0.1) is 0 Å². The number of aliphatic hydroxyl groups is 1. The van der Waals surface area contributed by atoms with Gasteiger partial charge in [-0.3, -0.25) is 0 Å². The van der Waals surface area contributed by atoms with Gasteiger partial charge in [0.1, 0.15) is 0 Å². The van der Waals surface area contributed by atoms with E-state index in [0.717, 1.165) is 23.7 Å². The monoisotopic (exact) mass is 239 g/mol. The molecule has 2 rings (SSSR count). The Morgan fingerprint density at radius 2 is 2.25 bits per heavy atom. The lowest BCUT2D eigenvalue weighted by Gasteiger charge is -2.37. The van der Waals surface area contributed by atoms with Crippen molar-refractivity contribution in [3.63, 3.8) is 0 Å². The summed E-state index contributed by atoms with van der Waals surface area (Å²) in [6.07, 6.45) is 1.04. The van der Waals surface area contributed by atoms with Gasteiger partial charge in [-0.1, -0.05) is 17.7 Å². The standard InChI is InChI=1S/C13H18ClNO/c1-13(2)10(9-16)6-7-15(13)12-5-3-4-11(14)8-12/h3-5,8,10,16H,6-7,9H2,1-2H3. The average molecular weight is 240 g/mol. The maximum atomic E-state index is 9.37. The number of nitrogens with zero attached hydrogens (tertiary/aromatic N) is 1. The maximum Gasteiger partial charge on any atom is 0.0482 e. The van der Waals surface area contributed by atoms with Crippen molar-refractivity contribution in [1.82, 2.24) is 0 Å². The molecule has 1 aliphatic heterocycles. The van der Waals surface area contributed by atoms with Gasteiger partial charge in [0.05, 0.1) is 0 Å². The van der Waals surface area contributed by atoms with Crippen molar-refractivity contribution in [1.29, 1.82) is 0 Å². The minimum atomic E-state index is -0.000563. The van der Waals surface area contributed by atoms with Gasteiger partial charge < -0.3 is 10.0 Å². The smallest absolute Gasteiger partial charge is 0.0482 e. The molecule has 1 saturated heterocycles. The molecule has 0 saturated carbocycles. The van der Waals surface area contributed by atoms with Crippen LogP contribution in [0, 0.1) is 5.92 Å². The largest absolute Gasteiger partial charge is 0.396 e. The SMILES string of the molecule is CC1(C)C(CO)CCN1c1cccc(Cl)c1. The van der Waals surface area contributed by atoms with Crippen molar-refractivity contribution in [2.24, 2.45) is 5.92 Å². The fraction of sp³-hybridized carbons (Fsp3) is 0.538. The van der Waals surface area contributed by atoms with E-state index in [4.69, 9.17) is 11.6 Å². The lowest BCUT2D eigenvalue weighted by molar-refractivity contribution is 0.189. The van der Waals surface area contributed by atoms with Crippen LogP contribution in [0.15, 0.2) is 24.3 Å². The first-order chi connectivity index (χ1) is 7.55. The molecule has 2 nitrogen and oxygen atoms in total. The van der Waals surface area contributed by atoms with Crippen molar-refractivity contribution >= 4 is 17.3 Å². The molecule has 16 heavy (non-hydrogen) atoms. The second-order valence-electron chi connectivity index (χ2n) is 4.95. The van der Waals surface area contributed by atoms with Crippen LogP contribution < -0.4 is 4.90 Å². The maximum absolute atomic E-state index is 9.37. The van der Waals surface area contributed by atoms with Crippen LogP contribution in [0.5, 0.6) is 0 Å². The molecule has 1 aromatic rings. The average Bonchev–Trinajstić information content (AvgIpc) is 2.53. The highest BCUT2D eigenvalue weighted by Gasteiger charge is 2.40. The molecule has 1 aliphatic rings. The van der Waals surface area contributed by atoms with Crippen molar-refractivity contribution in [3.8, 4) is 0 Å². The molecule has 1 heterocycles. The van der Waals surface area contributed by atoms with Crippen LogP contribution in [-0.2, 0) is 0 Å². The molecule has 1 atom stereocenters. The zero-order chi connectivity index (χ0) is 11.8. The minimum Gasteiger partial charge on any atom is -0.396 e. The lowest BCUT2D eigenvalue weighted by Crippen LogP contribution is -2.43. The number of rotatable bonds is 2.